The Kier molecular flexibility index (Phi) is 3.37. The van der Waals surface area contributed by atoms with Gasteiger partial charge in [-0.3, -0.25) is 4.79 Å². The van der Waals surface area contributed by atoms with Crippen LogP contribution >= 0.6 is 11.6 Å². The van der Waals surface area contributed by atoms with E-state index in [4.69, 9.17) is 11.6 Å². The molecule has 0 heterocycles. The van der Waals surface area contributed by atoms with Gasteiger partial charge in [0.2, 0.25) is 5.78 Å². The first-order valence-electron chi connectivity index (χ1n) is 3.49. The average Bonchev–Trinajstić information content (AvgIpc) is 2.16. The number of ketones is 1. The summed E-state index contributed by atoms with van der Waals surface area (Å²) in [6.45, 7) is 0. The van der Waals surface area contributed by atoms with E-state index in [1.165, 1.54) is 0 Å². The van der Waals surface area contributed by atoms with Gasteiger partial charge in [-0.25, -0.2) is 0 Å². The van der Waals surface area contributed by atoms with Crippen molar-refractivity contribution in [1.82, 2.24) is 0 Å². The normalized spacial score (nSPS) is 8.42. The van der Waals surface area contributed by atoms with E-state index in [1.807, 2.05) is 30.3 Å². The second-order valence-electron chi connectivity index (χ2n) is 2.17. The quantitative estimate of drug-likeness (QED) is 0.474. The molecule has 0 amide bonds. The fraction of sp³-hybridized carbons (Fsp3) is 0.100. The highest BCUT2D eigenvalue weighted by Crippen LogP contribution is 1.94. The van der Waals surface area contributed by atoms with Crippen LogP contribution in [0.2, 0.25) is 0 Å². The van der Waals surface area contributed by atoms with Gasteiger partial charge in [-0.2, -0.15) is 0 Å². The highest BCUT2D eigenvalue weighted by molar-refractivity contribution is 6.30. The van der Waals surface area contributed by atoms with Gasteiger partial charge in [-0.1, -0.05) is 24.1 Å². The number of hydrogen-bond donors (Lipinski definition) is 0. The number of halogens is 1. The van der Waals surface area contributed by atoms with Gasteiger partial charge in [0.25, 0.3) is 0 Å². The van der Waals surface area contributed by atoms with Crippen LogP contribution in [0, 0.1) is 11.8 Å². The highest BCUT2D eigenvalue weighted by Gasteiger charge is 1.89. The molecule has 0 aromatic heterocycles. The first-order valence-corrected chi connectivity index (χ1v) is 4.02. The number of carbonyl (C=O) groups excluding carboxylic acids is 1. The number of hydrogen-bond acceptors (Lipinski definition) is 1. The fourth-order valence-electron chi connectivity index (χ4n) is 0.697. The predicted molar refractivity (Wildman–Crippen MR) is 49.0 cm³/mol. The van der Waals surface area contributed by atoms with Gasteiger partial charge in [-0.05, 0) is 18.1 Å². The lowest BCUT2D eigenvalue weighted by molar-refractivity contribution is -0.111. The minimum Gasteiger partial charge on any atom is -0.284 e. The van der Waals surface area contributed by atoms with Crippen LogP contribution in [0.4, 0.5) is 0 Å². The Morgan fingerprint density at radius 2 is 2.00 bits per heavy atom. The number of alkyl halides is 1. The minimum atomic E-state index is -0.250. The zero-order valence-electron chi connectivity index (χ0n) is 6.38. The molecule has 0 unspecified atom stereocenters. The summed E-state index contributed by atoms with van der Waals surface area (Å²) in [5, 5.41) is 0. The zero-order chi connectivity index (χ0) is 8.81. The molecule has 0 saturated carbocycles. The molecule has 0 aliphatic heterocycles. The number of carbonyl (C=O) groups is 1. The summed E-state index contributed by atoms with van der Waals surface area (Å²) < 4.78 is 0. The van der Waals surface area contributed by atoms with E-state index in [-0.39, 0.29) is 11.7 Å². The molecular weight excluding hydrogens is 172 g/mol. The summed E-state index contributed by atoms with van der Waals surface area (Å²) in [6.07, 6.45) is 0. The molecule has 1 aromatic rings. The molecule has 0 spiro atoms. The van der Waals surface area contributed by atoms with Gasteiger partial charge in [-0.15, -0.1) is 11.6 Å². The average molecular weight is 179 g/mol. The van der Waals surface area contributed by atoms with Crippen LogP contribution in [0.15, 0.2) is 30.3 Å². The lowest BCUT2D eigenvalue weighted by Crippen LogP contribution is -1.92. The zero-order valence-corrected chi connectivity index (χ0v) is 7.14. The van der Waals surface area contributed by atoms with Crippen molar-refractivity contribution in [3.8, 4) is 11.8 Å². The summed E-state index contributed by atoms with van der Waals surface area (Å²) >= 11 is 5.27. The molecule has 0 N–H and O–H groups in total. The highest BCUT2D eigenvalue weighted by atomic mass is 35.5. The topological polar surface area (TPSA) is 17.1 Å². The van der Waals surface area contributed by atoms with Crippen molar-refractivity contribution in [2.24, 2.45) is 0 Å². The van der Waals surface area contributed by atoms with Gasteiger partial charge in [0, 0.05) is 5.56 Å². The fourth-order valence-corrected chi connectivity index (χ4v) is 0.764. The largest absolute Gasteiger partial charge is 0.284 e. The Bertz CT molecular complexity index is 319. The molecule has 0 bridgehead atoms. The van der Waals surface area contributed by atoms with Crippen LogP contribution in [-0.2, 0) is 4.79 Å². The second-order valence-corrected chi connectivity index (χ2v) is 2.44. The second kappa shape index (κ2) is 4.58. The lowest BCUT2D eigenvalue weighted by Gasteiger charge is -1.85. The van der Waals surface area contributed by atoms with Crippen LogP contribution in [0.25, 0.3) is 0 Å². The van der Waals surface area contributed by atoms with E-state index in [1.54, 1.807) is 0 Å². The molecule has 0 atom stereocenters. The van der Waals surface area contributed by atoms with Gasteiger partial charge in [0.05, 0.1) is 5.88 Å². The molecule has 1 nitrogen and oxygen atoms in total. The van der Waals surface area contributed by atoms with Gasteiger partial charge in [0.15, 0.2) is 0 Å². The summed E-state index contributed by atoms with van der Waals surface area (Å²) in [4.78, 5) is 10.7. The Labute approximate surface area is 76.4 Å². The molecule has 0 saturated heterocycles. The summed E-state index contributed by atoms with van der Waals surface area (Å²) in [5.74, 6) is 4.85. The smallest absolute Gasteiger partial charge is 0.220 e. The molecule has 1 aromatic carbocycles. The standard InChI is InChI=1S/C10H7ClO/c11-8-10(12)7-6-9-4-2-1-3-5-9/h1-5H,8H2. The van der Waals surface area contributed by atoms with Crippen molar-refractivity contribution in [3.63, 3.8) is 0 Å². The van der Waals surface area contributed by atoms with Crippen molar-refractivity contribution in [3.05, 3.63) is 35.9 Å². The van der Waals surface area contributed by atoms with E-state index < -0.39 is 0 Å². The SMILES string of the molecule is O=C(C#Cc1ccccc1)CCl. The van der Waals surface area contributed by atoms with Gasteiger partial charge >= 0.3 is 0 Å². The number of benzene rings is 1. The molecule has 60 valence electrons. The Balaban J connectivity index is 2.74. The Morgan fingerprint density at radius 3 is 2.58 bits per heavy atom. The van der Waals surface area contributed by atoms with Crippen LogP contribution in [0.1, 0.15) is 5.56 Å². The first-order chi connectivity index (χ1) is 5.83. The van der Waals surface area contributed by atoms with E-state index in [2.05, 4.69) is 11.8 Å². The first kappa shape index (κ1) is 8.83. The third-order valence-corrected chi connectivity index (χ3v) is 1.48. The maximum absolute atomic E-state index is 10.7. The van der Waals surface area contributed by atoms with Crippen LogP contribution in [-0.4, -0.2) is 11.7 Å². The number of rotatable bonds is 1. The van der Waals surface area contributed by atoms with Crippen LogP contribution in [0.5, 0.6) is 0 Å². The van der Waals surface area contributed by atoms with E-state index in [9.17, 15) is 4.79 Å². The molecule has 12 heavy (non-hydrogen) atoms. The Hall–Kier alpha value is -1.26. The monoisotopic (exact) mass is 178 g/mol. The molecule has 0 fully saturated rings. The van der Waals surface area contributed by atoms with Gasteiger partial charge in [0.1, 0.15) is 0 Å². The van der Waals surface area contributed by atoms with E-state index in [0.29, 0.717) is 0 Å². The van der Waals surface area contributed by atoms with Crippen molar-refractivity contribution >= 4 is 17.4 Å². The van der Waals surface area contributed by atoms with Crippen molar-refractivity contribution in [2.75, 3.05) is 5.88 Å². The molecule has 0 aliphatic rings. The maximum atomic E-state index is 10.7. The molecular formula is C10H7ClO. The van der Waals surface area contributed by atoms with Crippen LogP contribution < -0.4 is 0 Å². The Morgan fingerprint density at radius 1 is 1.33 bits per heavy atom. The van der Waals surface area contributed by atoms with Crippen molar-refractivity contribution in [2.45, 2.75) is 0 Å². The van der Waals surface area contributed by atoms with Crippen molar-refractivity contribution < 1.29 is 4.79 Å². The lowest BCUT2D eigenvalue weighted by atomic mass is 10.2. The molecule has 1 rings (SSSR count). The molecule has 2 heteroatoms. The maximum Gasteiger partial charge on any atom is 0.220 e. The minimum absolute atomic E-state index is 0.0418. The van der Waals surface area contributed by atoms with E-state index >= 15 is 0 Å². The van der Waals surface area contributed by atoms with Gasteiger partial charge < -0.3 is 0 Å². The van der Waals surface area contributed by atoms with Crippen molar-refractivity contribution in [1.29, 1.82) is 0 Å². The molecule has 0 radical (unpaired) electrons. The van der Waals surface area contributed by atoms with E-state index in [0.717, 1.165) is 5.56 Å². The number of Topliss-reactive ketones (excluding diaryl/α,β-unsaturated/α-hetero) is 1. The third-order valence-electron chi connectivity index (χ3n) is 1.24. The predicted octanol–water partition coefficient (Wildman–Crippen LogP) is 1.85. The summed E-state index contributed by atoms with van der Waals surface area (Å²) in [5.41, 5.74) is 0.830. The van der Waals surface area contributed by atoms with Crippen LogP contribution in [0.3, 0.4) is 0 Å². The summed E-state index contributed by atoms with van der Waals surface area (Å²) in [6, 6.07) is 9.32. The third kappa shape index (κ3) is 2.77. The molecule has 0 aliphatic carbocycles. The summed E-state index contributed by atoms with van der Waals surface area (Å²) in [7, 11) is 0.